The van der Waals surface area contributed by atoms with Crippen molar-refractivity contribution in [3.8, 4) is 0 Å². The Kier molecular flexibility index (Phi) is 6.80. The fourth-order valence-corrected chi connectivity index (χ4v) is 4.37. The van der Waals surface area contributed by atoms with Gasteiger partial charge in [0.05, 0.1) is 0 Å². The summed E-state index contributed by atoms with van der Waals surface area (Å²) < 4.78 is 0. The van der Waals surface area contributed by atoms with E-state index >= 15 is 0 Å². The predicted molar refractivity (Wildman–Crippen MR) is 113 cm³/mol. The molecule has 1 saturated heterocycles. The average molecular weight is 401 g/mol. The van der Waals surface area contributed by atoms with Gasteiger partial charge >= 0.3 is 0 Å². The van der Waals surface area contributed by atoms with E-state index < -0.39 is 0 Å². The van der Waals surface area contributed by atoms with Gasteiger partial charge in [-0.3, -0.25) is 9.59 Å². The fourth-order valence-electron chi connectivity index (χ4n) is 3.42. The molecule has 2 aromatic rings. The first-order valence-electron chi connectivity index (χ1n) is 9.68. The Morgan fingerprint density at radius 1 is 1.18 bits per heavy atom. The highest BCUT2D eigenvalue weighted by molar-refractivity contribution is 7.12. The molecule has 0 aromatic carbocycles. The minimum Gasteiger partial charge on any atom is -0.354 e. The summed E-state index contributed by atoms with van der Waals surface area (Å²) in [6.07, 6.45) is 2.24. The molecule has 0 saturated carbocycles. The standard InChI is InChI=1S/C21H28N4O2S/c1-15-13-18(16(2)28-15)19(26)6-7-20(27)23-14-17-5-4-8-22-21(17)25-11-9-24(3)10-12-25/h4-5,8,13H,6-7,9-12,14H2,1-3H3,(H,23,27). The van der Waals surface area contributed by atoms with Gasteiger partial charge in [-0.05, 0) is 33.0 Å². The third-order valence-electron chi connectivity index (χ3n) is 5.07. The van der Waals surface area contributed by atoms with E-state index in [1.165, 1.54) is 0 Å². The van der Waals surface area contributed by atoms with Crippen molar-refractivity contribution in [3.05, 3.63) is 45.3 Å². The van der Waals surface area contributed by atoms with Crippen LogP contribution in [0.2, 0.25) is 0 Å². The van der Waals surface area contributed by atoms with E-state index in [9.17, 15) is 9.59 Å². The maximum atomic E-state index is 12.4. The predicted octanol–water partition coefficient (Wildman–Crippen LogP) is 2.79. The molecule has 150 valence electrons. The number of likely N-dealkylation sites (N-methyl/N-ethyl adjacent to an activating group) is 1. The number of Topliss-reactive ketones (excluding diaryl/α,β-unsaturated/α-hetero) is 1. The number of nitrogens with one attached hydrogen (secondary N) is 1. The van der Waals surface area contributed by atoms with Crippen LogP contribution in [0, 0.1) is 13.8 Å². The molecule has 28 heavy (non-hydrogen) atoms. The molecule has 0 bridgehead atoms. The topological polar surface area (TPSA) is 65.5 Å². The van der Waals surface area contributed by atoms with Crippen molar-refractivity contribution in [2.24, 2.45) is 0 Å². The summed E-state index contributed by atoms with van der Waals surface area (Å²) in [6.45, 7) is 8.25. The number of carbonyl (C=O) groups is 2. The van der Waals surface area contributed by atoms with E-state index in [1.54, 1.807) is 17.5 Å². The molecule has 2 aromatic heterocycles. The van der Waals surface area contributed by atoms with Crippen LogP contribution in [-0.2, 0) is 11.3 Å². The van der Waals surface area contributed by atoms with Crippen LogP contribution in [0.4, 0.5) is 5.82 Å². The molecule has 7 heteroatoms. The zero-order chi connectivity index (χ0) is 20.1. The second-order valence-electron chi connectivity index (χ2n) is 7.30. The molecular formula is C21H28N4O2S. The van der Waals surface area contributed by atoms with Crippen molar-refractivity contribution >= 4 is 28.8 Å². The summed E-state index contributed by atoms with van der Waals surface area (Å²) in [4.78, 5) is 35.9. The smallest absolute Gasteiger partial charge is 0.220 e. The quantitative estimate of drug-likeness (QED) is 0.724. The molecule has 0 aliphatic carbocycles. The summed E-state index contributed by atoms with van der Waals surface area (Å²) in [5.74, 6) is 0.874. The zero-order valence-electron chi connectivity index (χ0n) is 16.8. The van der Waals surface area contributed by atoms with Gasteiger partial charge in [-0.1, -0.05) is 6.07 Å². The van der Waals surface area contributed by atoms with Gasteiger partial charge in [0.1, 0.15) is 5.82 Å². The van der Waals surface area contributed by atoms with Crippen LogP contribution in [0.25, 0.3) is 0 Å². The second-order valence-corrected chi connectivity index (χ2v) is 8.76. The van der Waals surface area contributed by atoms with Crippen LogP contribution in [0.15, 0.2) is 24.4 Å². The molecule has 3 heterocycles. The van der Waals surface area contributed by atoms with Gasteiger partial charge in [0.25, 0.3) is 0 Å². The number of rotatable bonds is 7. The van der Waals surface area contributed by atoms with Crippen molar-refractivity contribution in [3.63, 3.8) is 0 Å². The highest BCUT2D eigenvalue weighted by Crippen LogP contribution is 2.22. The Morgan fingerprint density at radius 2 is 1.93 bits per heavy atom. The van der Waals surface area contributed by atoms with E-state index in [0.717, 1.165) is 52.9 Å². The number of aryl methyl sites for hydroxylation is 2. The number of hydrogen-bond donors (Lipinski definition) is 1. The maximum Gasteiger partial charge on any atom is 0.220 e. The first kappa shape index (κ1) is 20.5. The Balaban J connectivity index is 1.52. The van der Waals surface area contributed by atoms with Gasteiger partial charge in [-0.15, -0.1) is 11.3 Å². The van der Waals surface area contributed by atoms with Crippen LogP contribution < -0.4 is 10.2 Å². The van der Waals surface area contributed by atoms with Crippen LogP contribution in [0.3, 0.4) is 0 Å². The average Bonchev–Trinajstić information content (AvgIpc) is 3.03. The number of ketones is 1. The van der Waals surface area contributed by atoms with E-state index in [1.807, 2.05) is 32.0 Å². The van der Waals surface area contributed by atoms with Crippen molar-refractivity contribution in [1.82, 2.24) is 15.2 Å². The number of nitrogens with zero attached hydrogens (tertiary/aromatic N) is 3. The lowest BCUT2D eigenvalue weighted by atomic mass is 10.1. The maximum absolute atomic E-state index is 12.4. The minimum atomic E-state index is -0.105. The molecule has 1 fully saturated rings. The highest BCUT2D eigenvalue weighted by Gasteiger charge is 2.18. The van der Waals surface area contributed by atoms with E-state index in [0.29, 0.717) is 6.54 Å². The number of aromatic nitrogens is 1. The van der Waals surface area contributed by atoms with Gasteiger partial charge in [0.2, 0.25) is 5.91 Å². The summed E-state index contributed by atoms with van der Waals surface area (Å²) in [6, 6.07) is 5.81. The van der Waals surface area contributed by atoms with E-state index in [2.05, 4.69) is 27.1 Å². The molecule has 0 unspecified atom stereocenters. The Labute approximate surface area is 170 Å². The largest absolute Gasteiger partial charge is 0.354 e. The molecule has 1 N–H and O–H groups in total. The number of anilines is 1. The van der Waals surface area contributed by atoms with Crippen molar-refractivity contribution in [2.75, 3.05) is 38.1 Å². The van der Waals surface area contributed by atoms with Crippen LogP contribution in [-0.4, -0.2) is 54.8 Å². The molecule has 3 rings (SSSR count). The molecule has 1 amide bonds. The Hall–Kier alpha value is -2.25. The Bertz CT molecular complexity index is 841. The molecule has 0 spiro atoms. The van der Waals surface area contributed by atoms with Gasteiger partial charge in [-0.25, -0.2) is 4.98 Å². The van der Waals surface area contributed by atoms with E-state index in [4.69, 9.17) is 0 Å². The third-order valence-corrected chi connectivity index (χ3v) is 6.03. The Morgan fingerprint density at radius 3 is 2.61 bits per heavy atom. The minimum absolute atomic E-state index is 0.0384. The second kappa shape index (κ2) is 9.30. The van der Waals surface area contributed by atoms with Crippen LogP contribution in [0.5, 0.6) is 0 Å². The molecule has 0 atom stereocenters. The summed E-state index contributed by atoms with van der Waals surface area (Å²) in [7, 11) is 2.12. The molecule has 6 nitrogen and oxygen atoms in total. The summed E-state index contributed by atoms with van der Waals surface area (Å²) in [5.41, 5.74) is 1.76. The molecule has 1 aliphatic heterocycles. The number of carbonyl (C=O) groups excluding carboxylic acids is 2. The first-order chi connectivity index (χ1) is 13.4. The molecule has 1 aliphatic rings. The normalized spacial score (nSPS) is 14.9. The van der Waals surface area contributed by atoms with Gasteiger partial charge in [0, 0.05) is 72.6 Å². The van der Waals surface area contributed by atoms with Crippen molar-refractivity contribution < 1.29 is 9.59 Å². The highest BCUT2D eigenvalue weighted by atomic mass is 32.1. The van der Waals surface area contributed by atoms with Gasteiger partial charge < -0.3 is 15.1 Å². The number of thiophene rings is 1. The van der Waals surface area contributed by atoms with Crippen molar-refractivity contribution in [1.29, 1.82) is 0 Å². The number of piperazine rings is 1. The monoisotopic (exact) mass is 400 g/mol. The summed E-state index contributed by atoms with van der Waals surface area (Å²) in [5, 5.41) is 2.95. The number of hydrogen-bond acceptors (Lipinski definition) is 6. The lowest BCUT2D eigenvalue weighted by Gasteiger charge is -2.34. The van der Waals surface area contributed by atoms with Gasteiger partial charge in [0.15, 0.2) is 5.78 Å². The number of pyridine rings is 1. The molecular weight excluding hydrogens is 372 g/mol. The van der Waals surface area contributed by atoms with Crippen LogP contribution >= 0.6 is 11.3 Å². The van der Waals surface area contributed by atoms with Crippen LogP contribution in [0.1, 0.15) is 38.5 Å². The zero-order valence-corrected chi connectivity index (χ0v) is 17.6. The number of amides is 1. The lowest BCUT2D eigenvalue weighted by molar-refractivity contribution is -0.121. The van der Waals surface area contributed by atoms with Gasteiger partial charge in [-0.2, -0.15) is 0 Å². The first-order valence-corrected chi connectivity index (χ1v) is 10.5. The third kappa shape index (κ3) is 5.17. The SMILES string of the molecule is Cc1cc(C(=O)CCC(=O)NCc2cccnc2N2CCN(C)CC2)c(C)s1. The van der Waals surface area contributed by atoms with E-state index in [-0.39, 0.29) is 24.5 Å². The van der Waals surface area contributed by atoms with Crippen molar-refractivity contribution in [2.45, 2.75) is 33.2 Å². The summed E-state index contributed by atoms with van der Waals surface area (Å²) >= 11 is 1.62. The molecule has 0 radical (unpaired) electrons. The fraction of sp³-hybridized carbons (Fsp3) is 0.476. The lowest BCUT2D eigenvalue weighted by Crippen LogP contribution is -2.45.